The molecule has 6 nitrogen and oxygen atoms in total. The Morgan fingerprint density at radius 2 is 1.60 bits per heavy atom. The van der Waals surface area contributed by atoms with Crippen LogP contribution in [0.3, 0.4) is 0 Å². The van der Waals surface area contributed by atoms with Crippen LogP contribution >= 0.6 is 0 Å². The first-order valence-electron chi connectivity index (χ1n) is 6.21. The van der Waals surface area contributed by atoms with E-state index >= 15 is 0 Å². The number of hydrogen-bond acceptors (Lipinski definition) is 6. The van der Waals surface area contributed by atoms with E-state index in [4.69, 9.17) is 0 Å². The molecular formula is C13H18CuN6+2. The molecule has 1 atom stereocenters. The van der Waals surface area contributed by atoms with Gasteiger partial charge in [0.25, 0.3) is 0 Å². The number of rotatable bonds is 5. The van der Waals surface area contributed by atoms with Crippen LogP contribution in [0.5, 0.6) is 0 Å². The maximum Gasteiger partial charge on any atom is 2.00 e. The molecule has 2 heterocycles. The van der Waals surface area contributed by atoms with Gasteiger partial charge in [0, 0.05) is 25.0 Å². The van der Waals surface area contributed by atoms with E-state index < -0.39 is 0 Å². The van der Waals surface area contributed by atoms with Crippen LogP contribution in [0.1, 0.15) is 20.8 Å². The fraction of sp³-hybridized carbons (Fsp3) is 0.385. The fourth-order valence-corrected chi connectivity index (χ4v) is 1.57. The van der Waals surface area contributed by atoms with Crippen LogP contribution in [0.15, 0.2) is 43.8 Å². The molecule has 1 unspecified atom stereocenters. The van der Waals surface area contributed by atoms with Crippen molar-refractivity contribution >= 4 is 24.1 Å². The third-order valence-electron chi connectivity index (χ3n) is 2.81. The SMILES string of the molecule is CC1=NC=NC1=CNCC(C)NC=C1N=CN=C1C.[Cu+2]. The summed E-state index contributed by atoms with van der Waals surface area (Å²) in [5, 5.41) is 6.50. The number of hydrogen-bond donors (Lipinski definition) is 2. The van der Waals surface area contributed by atoms with E-state index in [1.54, 1.807) is 12.7 Å². The molecule has 0 bridgehead atoms. The van der Waals surface area contributed by atoms with Crippen LogP contribution in [0.25, 0.3) is 0 Å². The summed E-state index contributed by atoms with van der Waals surface area (Å²) in [5.74, 6) is 0. The molecule has 7 heteroatoms. The van der Waals surface area contributed by atoms with Crippen molar-refractivity contribution in [3.05, 3.63) is 23.8 Å². The van der Waals surface area contributed by atoms with Crippen LogP contribution in [0.4, 0.5) is 0 Å². The topological polar surface area (TPSA) is 73.5 Å². The molecule has 2 aliphatic heterocycles. The molecule has 0 saturated heterocycles. The maximum absolute atomic E-state index is 4.14. The van der Waals surface area contributed by atoms with Gasteiger partial charge in [0.2, 0.25) is 0 Å². The van der Waals surface area contributed by atoms with E-state index in [1.165, 1.54) is 0 Å². The van der Waals surface area contributed by atoms with Gasteiger partial charge in [-0.25, -0.2) is 20.0 Å². The molecule has 109 valence electrons. The van der Waals surface area contributed by atoms with Gasteiger partial charge in [-0.3, -0.25) is 0 Å². The van der Waals surface area contributed by atoms with Crippen molar-refractivity contribution in [2.75, 3.05) is 6.54 Å². The van der Waals surface area contributed by atoms with E-state index in [1.807, 2.05) is 26.2 Å². The normalized spacial score (nSPS) is 21.8. The quantitative estimate of drug-likeness (QED) is 0.748. The minimum Gasteiger partial charge on any atom is -0.387 e. The van der Waals surface area contributed by atoms with E-state index in [0.29, 0.717) is 0 Å². The predicted octanol–water partition coefficient (Wildman–Crippen LogP) is 1.24. The van der Waals surface area contributed by atoms with Crippen molar-refractivity contribution in [2.24, 2.45) is 20.0 Å². The fourth-order valence-electron chi connectivity index (χ4n) is 1.57. The van der Waals surface area contributed by atoms with E-state index in [2.05, 4.69) is 37.5 Å². The molecule has 0 amide bonds. The summed E-state index contributed by atoms with van der Waals surface area (Å²) in [6, 6.07) is 0.274. The van der Waals surface area contributed by atoms with Crippen molar-refractivity contribution < 1.29 is 17.1 Å². The molecular weight excluding hydrogens is 304 g/mol. The summed E-state index contributed by atoms with van der Waals surface area (Å²) in [7, 11) is 0. The van der Waals surface area contributed by atoms with Crippen molar-refractivity contribution in [1.82, 2.24) is 10.6 Å². The van der Waals surface area contributed by atoms with Crippen molar-refractivity contribution in [3.8, 4) is 0 Å². The van der Waals surface area contributed by atoms with Gasteiger partial charge in [-0.1, -0.05) is 0 Å². The number of aliphatic imine (C=N–C) groups is 4. The van der Waals surface area contributed by atoms with Crippen LogP contribution in [0.2, 0.25) is 0 Å². The molecule has 0 aromatic carbocycles. The van der Waals surface area contributed by atoms with Crippen molar-refractivity contribution in [1.29, 1.82) is 0 Å². The summed E-state index contributed by atoms with van der Waals surface area (Å²) in [6.45, 7) is 6.75. The van der Waals surface area contributed by atoms with Gasteiger partial charge in [0.15, 0.2) is 0 Å². The summed E-state index contributed by atoms with van der Waals surface area (Å²) in [6.07, 6.45) is 6.90. The second-order valence-corrected chi connectivity index (χ2v) is 4.45. The molecule has 20 heavy (non-hydrogen) atoms. The molecule has 2 rings (SSSR count). The molecule has 0 spiro atoms. The zero-order valence-corrected chi connectivity index (χ0v) is 12.6. The summed E-state index contributed by atoms with van der Waals surface area (Å²) < 4.78 is 0. The van der Waals surface area contributed by atoms with Gasteiger partial charge < -0.3 is 10.6 Å². The number of allylic oxidation sites excluding steroid dienone is 2. The average Bonchev–Trinajstić information content (AvgIpc) is 2.97. The van der Waals surface area contributed by atoms with E-state index in [-0.39, 0.29) is 23.1 Å². The van der Waals surface area contributed by atoms with Crippen molar-refractivity contribution in [2.45, 2.75) is 26.8 Å². The van der Waals surface area contributed by atoms with Crippen LogP contribution in [-0.4, -0.2) is 36.7 Å². The standard InChI is InChI=1S/C13H18N6.Cu/c1-9(15-6-13-11(3)17-8-19-13)4-14-5-12-10(2)16-7-18-12;/h5-9,14-15H,4H2,1-3H3;/q;+2. The zero-order chi connectivity index (χ0) is 13.7. The van der Waals surface area contributed by atoms with Crippen LogP contribution < -0.4 is 10.6 Å². The summed E-state index contributed by atoms with van der Waals surface area (Å²) in [5.41, 5.74) is 3.63. The zero-order valence-electron chi connectivity index (χ0n) is 11.7. The predicted molar refractivity (Wildman–Crippen MR) is 80.0 cm³/mol. The number of nitrogens with zero attached hydrogens (tertiary/aromatic N) is 4. The molecule has 0 fully saturated rings. The van der Waals surface area contributed by atoms with Crippen molar-refractivity contribution in [3.63, 3.8) is 0 Å². The summed E-state index contributed by atoms with van der Waals surface area (Å²) >= 11 is 0. The number of nitrogens with one attached hydrogen (secondary N) is 2. The van der Waals surface area contributed by atoms with Gasteiger partial charge in [-0.2, -0.15) is 0 Å². The minimum atomic E-state index is 0. The Bertz CT molecular complexity index is 527. The summed E-state index contributed by atoms with van der Waals surface area (Å²) in [4.78, 5) is 16.4. The Kier molecular flexibility index (Phi) is 6.34. The first-order chi connectivity index (χ1) is 9.16. The van der Waals surface area contributed by atoms with Crippen LogP contribution in [-0.2, 0) is 17.1 Å². The Balaban J connectivity index is 0.00000200. The third-order valence-corrected chi connectivity index (χ3v) is 2.81. The van der Waals surface area contributed by atoms with Crippen LogP contribution in [0, 0.1) is 0 Å². The molecule has 2 N–H and O–H groups in total. The molecule has 0 aromatic rings. The van der Waals surface area contributed by atoms with E-state index in [0.717, 1.165) is 29.4 Å². The minimum absolute atomic E-state index is 0. The molecule has 0 saturated carbocycles. The molecule has 2 aliphatic rings. The maximum atomic E-state index is 4.14. The molecule has 1 radical (unpaired) electrons. The van der Waals surface area contributed by atoms with Gasteiger partial charge in [0.1, 0.15) is 24.1 Å². The Morgan fingerprint density at radius 1 is 1.05 bits per heavy atom. The second kappa shape index (κ2) is 7.77. The first-order valence-corrected chi connectivity index (χ1v) is 6.21. The Morgan fingerprint density at radius 3 is 2.10 bits per heavy atom. The smallest absolute Gasteiger partial charge is 0.387 e. The Labute approximate surface area is 129 Å². The Hall–Kier alpha value is -1.72. The van der Waals surface area contributed by atoms with Gasteiger partial charge in [-0.05, 0) is 20.8 Å². The van der Waals surface area contributed by atoms with Gasteiger partial charge in [-0.15, -0.1) is 0 Å². The van der Waals surface area contributed by atoms with Gasteiger partial charge >= 0.3 is 17.1 Å². The molecule has 0 aliphatic carbocycles. The van der Waals surface area contributed by atoms with E-state index in [9.17, 15) is 0 Å². The monoisotopic (exact) mass is 321 g/mol. The van der Waals surface area contributed by atoms with Gasteiger partial charge in [0.05, 0.1) is 11.4 Å². The third kappa shape index (κ3) is 4.43. The largest absolute Gasteiger partial charge is 2.00 e. The first kappa shape index (κ1) is 16.3. The average molecular weight is 322 g/mol. The molecule has 0 aromatic heterocycles. The second-order valence-electron chi connectivity index (χ2n) is 4.45.